The van der Waals surface area contributed by atoms with Gasteiger partial charge in [-0.1, -0.05) is 0 Å². The van der Waals surface area contributed by atoms with Gasteiger partial charge in [0.2, 0.25) is 0 Å². The molecule has 2 nitrogen and oxygen atoms in total. The Bertz CT molecular complexity index is 101. The van der Waals surface area contributed by atoms with E-state index >= 15 is 0 Å². The monoisotopic (exact) mass is 219 g/mol. The molecule has 0 bridgehead atoms. The van der Waals surface area contributed by atoms with Crippen LogP contribution in [-0.2, 0) is 0 Å². The Morgan fingerprint density at radius 1 is 1.62 bits per heavy atom. The molecule has 1 aliphatic rings. The third-order valence-electron chi connectivity index (χ3n) is 1.45. The van der Waals surface area contributed by atoms with Crippen molar-refractivity contribution in [2.24, 2.45) is 5.73 Å². The van der Waals surface area contributed by atoms with Crippen molar-refractivity contribution in [3.8, 4) is 0 Å². The first kappa shape index (κ1) is 6.39. The molecular weight excluding hydrogens is 209 g/mol. The zero-order chi connectivity index (χ0) is 5.98. The molecule has 0 unspecified atom stereocenters. The van der Waals surface area contributed by atoms with E-state index in [4.69, 9.17) is 5.73 Å². The van der Waals surface area contributed by atoms with Gasteiger partial charge in [0, 0.05) is 0 Å². The van der Waals surface area contributed by atoms with Gasteiger partial charge >= 0.3 is 58.8 Å². The molecule has 0 aromatic carbocycles. The van der Waals surface area contributed by atoms with E-state index in [0.29, 0.717) is 0 Å². The molecule has 1 rings (SSSR count). The first-order valence-electron chi connectivity index (χ1n) is 2.85. The molecule has 0 atom stereocenters. The van der Waals surface area contributed by atoms with Crippen molar-refractivity contribution in [2.45, 2.75) is 23.2 Å². The number of rotatable bonds is 2. The van der Waals surface area contributed by atoms with Gasteiger partial charge < -0.3 is 0 Å². The van der Waals surface area contributed by atoms with Crippen molar-refractivity contribution in [1.29, 1.82) is 0 Å². The average Bonchev–Trinajstić information content (AvgIpc) is 1.55. The second-order valence-corrected chi connectivity index (χ2v) is 6.70. The Morgan fingerprint density at radius 2 is 2.25 bits per heavy atom. The zero-order valence-corrected chi connectivity index (χ0v) is 7.54. The molecule has 2 N–H and O–H groups in total. The molecule has 0 aliphatic heterocycles. The van der Waals surface area contributed by atoms with E-state index in [-0.39, 0.29) is 3.92 Å². The summed E-state index contributed by atoms with van der Waals surface area (Å²) < 4.78 is 0.828. The van der Waals surface area contributed by atoms with Crippen LogP contribution >= 0.6 is 0 Å². The summed E-state index contributed by atoms with van der Waals surface area (Å²) in [6.45, 7) is 0. The van der Waals surface area contributed by atoms with Crippen molar-refractivity contribution in [3.63, 3.8) is 0 Å². The van der Waals surface area contributed by atoms with E-state index in [2.05, 4.69) is 0 Å². The zero-order valence-electron chi connectivity index (χ0n) is 4.68. The van der Waals surface area contributed by atoms with Gasteiger partial charge in [-0.3, -0.25) is 0 Å². The summed E-state index contributed by atoms with van der Waals surface area (Å²) >= 11 is -0.754. The molecule has 0 spiro atoms. The maximum atomic E-state index is 10.3. The van der Waals surface area contributed by atoms with Crippen LogP contribution in [0, 0.1) is 0 Å². The molecule has 1 fully saturated rings. The SMILES string of the molecule is N[C](=O)[Sn][CH]1CCC1. The molecule has 1 saturated carbocycles. The van der Waals surface area contributed by atoms with Gasteiger partial charge in [0.05, 0.1) is 0 Å². The Morgan fingerprint density at radius 3 is 2.38 bits per heavy atom. The summed E-state index contributed by atoms with van der Waals surface area (Å²) in [5, 5.41) is 0. The number of nitrogens with two attached hydrogens (primary N) is 1. The predicted molar refractivity (Wildman–Crippen MR) is 32.9 cm³/mol. The van der Waals surface area contributed by atoms with Gasteiger partial charge in [0.15, 0.2) is 0 Å². The molecule has 8 heavy (non-hydrogen) atoms. The van der Waals surface area contributed by atoms with Crippen LogP contribution in [0.2, 0.25) is 3.93 Å². The third kappa shape index (κ3) is 1.65. The second kappa shape index (κ2) is 2.71. The van der Waals surface area contributed by atoms with Gasteiger partial charge in [-0.05, 0) is 0 Å². The minimum absolute atomic E-state index is 0.0262. The minimum atomic E-state index is -0.754. The molecule has 44 valence electrons. The summed E-state index contributed by atoms with van der Waals surface area (Å²) in [6, 6.07) is 0. The van der Waals surface area contributed by atoms with Crippen molar-refractivity contribution in [1.82, 2.24) is 0 Å². The van der Waals surface area contributed by atoms with Gasteiger partial charge in [-0.2, -0.15) is 0 Å². The van der Waals surface area contributed by atoms with Crippen LogP contribution in [0.3, 0.4) is 0 Å². The van der Waals surface area contributed by atoms with Gasteiger partial charge in [0.1, 0.15) is 0 Å². The molecule has 0 heterocycles. The fourth-order valence-corrected chi connectivity index (χ4v) is 3.89. The van der Waals surface area contributed by atoms with Crippen LogP contribution in [0.25, 0.3) is 0 Å². The van der Waals surface area contributed by atoms with Crippen molar-refractivity contribution >= 4 is 25.1 Å². The van der Waals surface area contributed by atoms with Crippen LogP contribution < -0.4 is 5.73 Å². The fourth-order valence-electron chi connectivity index (χ4n) is 0.754. The molecule has 1 aliphatic carbocycles. The van der Waals surface area contributed by atoms with E-state index in [1.807, 2.05) is 0 Å². The molecule has 1 amide bonds. The molecule has 0 aromatic heterocycles. The van der Waals surface area contributed by atoms with Crippen LogP contribution in [0.15, 0.2) is 0 Å². The van der Waals surface area contributed by atoms with Crippen molar-refractivity contribution in [3.05, 3.63) is 0 Å². The number of amides is 1. The molecule has 0 saturated heterocycles. The molecular formula is C5H9NOSn. The van der Waals surface area contributed by atoms with E-state index in [0.717, 1.165) is 3.93 Å². The van der Waals surface area contributed by atoms with E-state index < -0.39 is 21.1 Å². The number of hydrogen-bond acceptors (Lipinski definition) is 1. The Labute approximate surface area is 59.0 Å². The topological polar surface area (TPSA) is 43.1 Å². The second-order valence-electron chi connectivity index (χ2n) is 2.14. The molecule has 3 heteroatoms. The first-order valence-corrected chi connectivity index (χ1v) is 5.92. The summed E-state index contributed by atoms with van der Waals surface area (Å²) in [5.74, 6) is 0. The van der Waals surface area contributed by atoms with E-state index in [1.165, 1.54) is 19.3 Å². The van der Waals surface area contributed by atoms with Crippen molar-refractivity contribution in [2.75, 3.05) is 0 Å². The number of carbonyl (C=O) groups excluding carboxylic acids is 1. The quantitative estimate of drug-likeness (QED) is 0.682. The fraction of sp³-hybridized carbons (Fsp3) is 0.800. The third-order valence-corrected chi connectivity index (χ3v) is 5.08. The van der Waals surface area contributed by atoms with E-state index in [9.17, 15) is 4.79 Å². The number of primary amides is 1. The van der Waals surface area contributed by atoms with Crippen LogP contribution in [0.1, 0.15) is 19.3 Å². The summed E-state index contributed by atoms with van der Waals surface area (Å²) in [4.78, 5) is 10.3. The van der Waals surface area contributed by atoms with Crippen LogP contribution in [0.4, 0.5) is 4.79 Å². The van der Waals surface area contributed by atoms with Gasteiger partial charge in [0.25, 0.3) is 0 Å². The molecule has 0 aromatic rings. The van der Waals surface area contributed by atoms with Crippen LogP contribution in [0.5, 0.6) is 0 Å². The standard InChI is InChI=1S/C4H7.CH2NO.Sn/c1-2-4-3-1;2-1-3;/h1H,2-4H2;(H2,2,3);. The average molecular weight is 218 g/mol. The Kier molecular flexibility index (Phi) is 2.16. The Hall–Kier alpha value is 0.269. The number of carbonyl (C=O) groups is 1. The normalized spacial score (nSPS) is 20.0. The first-order chi connectivity index (χ1) is 3.79. The Balaban J connectivity index is 2.09. The summed E-state index contributed by atoms with van der Waals surface area (Å²) in [5.41, 5.74) is 5.04. The number of hydrogen-bond donors (Lipinski definition) is 1. The van der Waals surface area contributed by atoms with Gasteiger partial charge in [-0.15, -0.1) is 0 Å². The van der Waals surface area contributed by atoms with Gasteiger partial charge in [-0.25, -0.2) is 0 Å². The summed E-state index contributed by atoms with van der Waals surface area (Å²) in [6.07, 6.45) is 3.91. The van der Waals surface area contributed by atoms with Crippen molar-refractivity contribution < 1.29 is 4.79 Å². The molecule has 2 radical (unpaired) electrons. The van der Waals surface area contributed by atoms with Crippen LogP contribution in [-0.4, -0.2) is 25.1 Å². The van der Waals surface area contributed by atoms with E-state index in [1.54, 1.807) is 0 Å². The maximum absolute atomic E-state index is 10.3. The predicted octanol–water partition coefficient (Wildman–Crippen LogP) is 0.742. The summed E-state index contributed by atoms with van der Waals surface area (Å²) in [7, 11) is 0.